The maximum absolute atomic E-state index is 12.5. The van der Waals surface area contributed by atoms with Crippen LogP contribution in [0, 0.1) is 25.2 Å². The smallest absolute Gasteiger partial charge is 0.266 e. The zero-order valence-corrected chi connectivity index (χ0v) is 17.5. The summed E-state index contributed by atoms with van der Waals surface area (Å²) >= 11 is 5.90. The van der Waals surface area contributed by atoms with Gasteiger partial charge < -0.3 is 10.1 Å². The van der Waals surface area contributed by atoms with Gasteiger partial charge in [0.25, 0.3) is 5.91 Å². The van der Waals surface area contributed by atoms with Gasteiger partial charge in [0.05, 0.1) is 0 Å². The van der Waals surface area contributed by atoms with Crippen molar-refractivity contribution in [1.29, 1.82) is 5.26 Å². The van der Waals surface area contributed by atoms with Crippen molar-refractivity contribution in [2.45, 2.75) is 20.5 Å². The molecular weight excluding hydrogens is 396 g/mol. The van der Waals surface area contributed by atoms with Gasteiger partial charge >= 0.3 is 0 Å². The number of nitriles is 1. The second-order valence-electron chi connectivity index (χ2n) is 6.91. The number of anilines is 1. The highest BCUT2D eigenvalue weighted by atomic mass is 35.5. The van der Waals surface area contributed by atoms with Gasteiger partial charge in [0.2, 0.25) is 0 Å². The number of nitrogens with one attached hydrogen (secondary N) is 1. The zero-order chi connectivity index (χ0) is 21.5. The quantitative estimate of drug-likeness (QED) is 0.391. The number of hydrogen-bond donors (Lipinski definition) is 1. The molecule has 3 aromatic carbocycles. The Morgan fingerprint density at radius 2 is 1.83 bits per heavy atom. The Bertz CT molecular complexity index is 1130. The van der Waals surface area contributed by atoms with Gasteiger partial charge in [-0.15, -0.1) is 0 Å². The Labute approximate surface area is 181 Å². The Hall–Kier alpha value is -3.55. The van der Waals surface area contributed by atoms with E-state index >= 15 is 0 Å². The van der Waals surface area contributed by atoms with E-state index in [2.05, 4.69) is 5.32 Å². The first-order valence-corrected chi connectivity index (χ1v) is 9.80. The number of rotatable bonds is 6. The average molecular weight is 417 g/mol. The van der Waals surface area contributed by atoms with Crippen LogP contribution in [0.5, 0.6) is 5.75 Å². The van der Waals surface area contributed by atoms with E-state index in [0.29, 0.717) is 28.6 Å². The van der Waals surface area contributed by atoms with E-state index in [1.807, 2.05) is 80.6 Å². The maximum atomic E-state index is 12.5. The third-order valence-corrected chi connectivity index (χ3v) is 4.87. The monoisotopic (exact) mass is 416 g/mol. The van der Waals surface area contributed by atoms with Gasteiger partial charge in [0.15, 0.2) is 0 Å². The van der Waals surface area contributed by atoms with Crippen molar-refractivity contribution in [2.24, 2.45) is 0 Å². The molecule has 3 rings (SSSR count). The summed E-state index contributed by atoms with van der Waals surface area (Å²) in [5.41, 5.74) is 4.58. The molecule has 0 radical (unpaired) electrons. The first-order valence-electron chi connectivity index (χ1n) is 9.42. The number of aryl methyl sites for hydroxylation is 2. The van der Waals surface area contributed by atoms with Crippen LogP contribution in [0.2, 0.25) is 5.02 Å². The molecular formula is C25H21ClN2O2. The van der Waals surface area contributed by atoms with Crippen LogP contribution in [0.25, 0.3) is 6.08 Å². The summed E-state index contributed by atoms with van der Waals surface area (Å²) in [5.74, 6) is 0.193. The first kappa shape index (κ1) is 21.2. The molecule has 0 atom stereocenters. The van der Waals surface area contributed by atoms with Crippen molar-refractivity contribution < 1.29 is 9.53 Å². The Kier molecular flexibility index (Phi) is 6.90. The van der Waals surface area contributed by atoms with Crippen LogP contribution in [0.3, 0.4) is 0 Å². The lowest BCUT2D eigenvalue weighted by atomic mass is 10.1. The summed E-state index contributed by atoms with van der Waals surface area (Å²) in [7, 11) is 0. The summed E-state index contributed by atoms with van der Waals surface area (Å²) in [6.07, 6.45) is 1.55. The fraction of sp³-hybridized carbons (Fsp3) is 0.120. The summed E-state index contributed by atoms with van der Waals surface area (Å²) in [5, 5.41) is 12.9. The van der Waals surface area contributed by atoms with Crippen LogP contribution in [0.1, 0.15) is 22.3 Å². The summed E-state index contributed by atoms with van der Waals surface area (Å²) in [6, 6.07) is 22.3. The molecule has 0 aliphatic rings. The van der Waals surface area contributed by atoms with Crippen LogP contribution >= 0.6 is 11.6 Å². The van der Waals surface area contributed by atoms with Gasteiger partial charge in [0.1, 0.15) is 24.0 Å². The van der Waals surface area contributed by atoms with E-state index in [9.17, 15) is 10.1 Å². The average Bonchev–Trinajstić information content (AvgIpc) is 2.74. The number of carbonyl (C=O) groups excluding carboxylic acids is 1. The summed E-state index contributed by atoms with van der Waals surface area (Å²) in [4.78, 5) is 12.5. The number of halogens is 1. The fourth-order valence-corrected chi connectivity index (χ4v) is 2.90. The minimum Gasteiger partial charge on any atom is -0.489 e. The SMILES string of the molecule is Cc1ccc(NC(=O)/C(C#N)=C/c2cccc(OCc3ccc(Cl)cc3)c2)cc1C. The lowest BCUT2D eigenvalue weighted by Gasteiger charge is -2.08. The Morgan fingerprint density at radius 3 is 2.53 bits per heavy atom. The predicted octanol–water partition coefficient (Wildman–Crippen LogP) is 6.08. The highest BCUT2D eigenvalue weighted by molar-refractivity contribution is 6.30. The molecule has 1 N–H and O–H groups in total. The molecule has 1 amide bonds. The van der Waals surface area contributed by atoms with E-state index in [-0.39, 0.29) is 5.57 Å². The minimum absolute atomic E-state index is 0.0167. The first-order chi connectivity index (χ1) is 14.4. The summed E-state index contributed by atoms with van der Waals surface area (Å²) < 4.78 is 5.81. The number of nitrogens with zero attached hydrogens (tertiary/aromatic N) is 1. The maximum Gasteiger partial charge on any atom is 0.266 e. The second kappa shape index (κ2) is 9.78. The van der Waals surface area contributed by atoms with Crippen molar-refractivity contribution >= 4 is 29.3 Å². The largest absolute Gasteiger partial charge is 0.489 e. The van der Waals surface area contributed by atoms with Crippen LogP contribution in [0.15, 0.2) is 72.3 Å². The van der Waals surface area contributed by atoms with Gasteiger partial charge in [-0.05, 0) is 78.6 Å². The normalized spacial score (nSPS) is 10.9. The van der Waals surface area contributed by atoms with E-state index in [0.717, 1.165) is 16.7 Å². The number of amides is 1. The molecule has 150 valence electrons. The van der Waals surface area contributed by atoms with Gasteiger partial charge in [-0.1, -0.05) is 41.9 Å². The Balaban J connectivity index is 1.71. The lowest BCUT2D eigenvalue weighted by molar-refractivity contribution is -0.112. The molecule has 0 saturated heterocycles. The number of carbonyl (C=O) groups is 1. The van der Waals surface area contributed by atoms with E-state index < -0.39 is 5.91 Å². The second-order valence-corrected chi connectivity index (χ2v) is 7.35. The molecule has 0 fully saturated rings. The number of ether oxygens (including phenoxy) is 1. The molecule has 0 saturated carbocycles. The van der Waals surface area contributed by atoms with E-state index in [4.69, 9.17) is 16.3 Å². The molecule has 0 aromatic heterocycles. The summed E-state index contributed by atoms with van der Waals surface area (Å²) in [6.45, 7) is 4.37. The molecule has 3 aromatic rings. The van der Waals surface area contributed by atoms with Crippen LogP contribution < -0.4 is 10.1 Å². The van der Waals surface area contributed by atoms with Crippen LogP contribution in [-0.4, -0.2) is 5.91 Å². The van der Waals surface area contributed by atoms with Crippen LogP contribution in [0.4, 0.5) is 5.69 Å². The lowest BCUT2D eigenvalue weighted by Crippen LogP contribution is -2.13. The van der Waals surface area contributed by atoms with Crippen molar-refractivity contribution in [1.82, 2.24) is 0 Å². The minimum atomic E-state index is -0.451. The predicted molar refractivity (Wildman–Crippen MR) is 120 cm³/mol. The van der Waals surface area contributed by atoms with Gasteiger partial charge in [-0.25, -0.2) is 0 Å². The molecule has 30 heavy (non-hydrogen) atoms. The molecule has 5 heteroatoms. The molecule has 4 nitrogen and oxygen atoms in total. The molecule has 0 heterocycles. The highest BCUT2D eigenvalue weighted by Crippen LogP contribution is 2.19. The van der Waals surface area contributed by atoms with Gasteiger partial charge in [0, 0.05) is 10.7 Å². The third kappa shape index (κ3) is 5.73. The molecule has 0 aliphatic heterocycles. The standard InChI is InChI=1S/C25H21ClN2O2/c1-17-6-11-23(12-18(17)2)28-25(29)21(15-27)13-20-4-3-5-24(14-20)30-16-19-7-9-22(26)10-8-19/h3-14H,16H2,1-2H3,(H,28,29)/b21-13+. The Morgan fingerprint density at radius 1 is 1.07 bits per heavy atom. The highest BCUT2D eigenvalue weighted by Gasteiger charge is 2.10. The fourth-order valence-electron chi connectivity index (χ4n) is 2.77. The topological polar surface area (TPSA) is 62.1 Å². The van der Waals surface area contributed by atoms with Gasteiger partial charge in [-0.3, -0.25) is 4.79 Å². The molecule has 0 spiro atoms. The van der Waals surface area contributed by atoms with Gasteiger partial charge in [-0.2, -0.15) is 5.26 Å². The number of benzene rings is 3. The van der Waals surface area contributed by atoms with Crippen LogP contribution in [-0.2, 0) is 11.4 Å². The molecule has 0 bridgehead atoms. The third-order valence-electron chi connectivity index (χ3n) is 4.62. The van der Waals surface area contributed by atoms with Crippen molar-refractivity contribution in [2.75, 3.05) is 5.32 Å². The number of hydrogen-bond acceptors (Lipinski definition) is 3. The van der Waals surface area contributed by atoms with E-state index in [1.54, 1.807) is 12.1 Å². The van der Waals surface area contributed by atoms with Crippen molar-refractivity contribution in [3.8, 4) is 11.8 Å². The molecule has 0 aliphatic carbocycles. The van der Waals surface area contributed by atoms with Crippen molar-refractivity contribution in [3.05, 3.63) is 99.6 Å². The molecule has 0 unspecified atom stereocenters. The zero-order valence-electron chi connectivity index (χ0n) is 16.8. The van der Waals surface area contributed by atoms with E-state index in [1.165, 1.54) is 0 Å². The van der Waals surface area contributed by atoms with Crippen molar-refractivity contribution in [3.63, 3.8) is 0 Å².